The molecule has 0 saturated carbocycles. The van der Waals surface area contributed by atoms with Crippen LogP contribution in [0.3, 0.4) is 0 Å². The number of anilines is 1. The second kappa shape index (κ2) is 6.07. The van der Waals surface area contributed by atoms with Crippen LogP contribution in [0.5, 0.6) is 0 Å². The fraction of sp³-hybridized carbons (Fsp3) is 0.455. The Morgan fingerprint density at radius 2 is 2.38 bits per heavy atom. The summed E-state index contributed by atoms with van der Waals surface area (Å²) in [6, 6.07) is 3.66. The van der Waals surface area contributed by atoms with Crippen molar-refractivity contribution in [3.63, 3.8) is 0 Å². The molecule has 0 fully saturated rings. The molecule has 0 aromatic carbocycles. The third kappa shape index (κ3) is 3.86. The van der Waals surface area contributed by atoms with Crippen LogP contribution in [0.15, 0.2) is 18.3 Å². The molecule has 16 heavy (non-hydrogen) atoms. The summed E-state index contributed by atoms with van der Waals surface area (Å²) in [6.45, 7) is 2.88. The number of carboxylic acids is 1. The molecule has 5 nitrogen and oxygen atoms in total. The van der Waals surface area contributed by atoms with Crippen LogP contribution in [0.25, 0.3) is 0 Å². The minimum absolute atomic E-state index is 0.0349. The van der Waals surface area contributed by atoms with Gasteiger partial charge in [-0.05, 0) is 19.1 Å². The zero-order valence-corrected chi connectivity index (χ0v) is 9.51. The van der Waals surface area contributed by atoms with Gasteiger partial charge in [-0.2, -0.15) is 0 Å². The van der Waals surface area contributed by atoms with Crippen LogP contribution in [0.2, 0.25) is 0 Å². The predicted octanol–water partition coefficient (Wildman–Crippen LogP) is 0.927. The molecule has 5 heteroatoms. The highest BCUT2D eigenvalue weighted by molar-refractivity contribution is 5.73. The molecule has 88 valence electrons. The molecule has 0 aliphatic rings. The van der Waals surface area contributed by atoms with Crippen LogP contribution >= 0.6 is 0 Å². The normalized spacial score (nSPS) is 10.1. The highest BCUT2D eigenvalue weighted by Crippen LogP contribution is 2.13. The average molecular weight is 224 g/mol. The lowest BCUT2D eigenvalue weighted by Gasteiger charge is -2.22. The Balaban J connectivity index is 2.78. The highest BCUT2D eigenvalue weighted by Gasteiger charge is 2.10. The molecule has 0 unspecified atom stereocenters. The smallest absolute Gasteiger partial charge is 0.323 e. The van der Waals surface area contributed by atoms with E-state index in [0.29, 0.717) is 13.2 Å². The summed E-state index contributed by atoms with van der Waals surface area (Å²) in [6.07, 6.45) is 1.67. The number of aliphatic carboxylic acids is 1. The number of hydrogen-bond donors (Lipinski definition) is 1. The molecular formula is C11H16N2O3. The topological polar surface area (TPSA) is 62.7 Å². The average Bonchev–Trinajstić information content (AvgIpc) is 2.23. The van der Waals surface area contributed by atoms with Crippen molar-refractivity contribution in [3.05, 3.63) is 24.0 Å². The van der Waals surface area contributed by atoms with Crippen LogP contribution < -0.4 is 4.90 Å². The predicted molar refractivity (Wildman–Crippen MR) is 60.7 cm³/mol. The lowest BCUT2D eigenvalue weighted by atomic mass is 10.3. The van der Waals surface area contributed by atoms with Crippen LogP contribution in [-0.4, -0.2) is 42.9 Å². The van der Waals surface area contributed by atoms with Gasteiger partial charge in [-0.25, -0.2) is 0 Å². The van der Waals surface area contributed by atoms with E-state index >= 15 is 0 Å². The van der Waals surface area contributed by atoms with E-state index < -0.39 is 5.97 Å². The van der Waals surface area contributed by atoms with E-state index in [-0.39, 0.29) is 6.54 Å². The Morgan fingerprint density at radius 3 is 2.94 bits per heavy atom. The Labute approximate surface area is 94.7 Å². The monoisotopic (exact) mass is 224 g/mol. The van der Waals surface area contributed by atoms with Crippen molar-refractivity contribution in [1.29, 1.82) is 0 Å². The van der Waals surface area contributed by atoms with Gasteiger partial charge in [-0.3, -0.25) is 9.78 Å². The van der Waals surface area contributed by atoms with Gasteiger partial charge in [0, 0.05) is 31.2 Å². The SMILES string of the molecule is COCCN(CC(=O)O)c1ccnc(C)c1. The third-order valence-electron chi connectivity index (χ3n) is 2.14. The number of nitrogens with zero attached hydrogens (tertiary/aromatic N) is 2. The van der Waals surface area contributed by atoms with Gasteiger partial charge in [0.1, 0.15) is 6.54 Å². The molecule has 1 heterocycles. The number of carbonyl (C=O) groups is 1. The summed E-state index contributed by atoms with van der Waals surface area (Å²) in [5.74, 6) is -0.856. The minimum Gasteiger partial charge on any atom is -0.480 e. The maximum absolute atomic E-state index is 10.7. The van der Waals surface area contributed by atoms with Gasteiger partial charge in [0.25, 0.3) is 0 Å². The molecule has 0 bridgehead atoms. The number of ether oxygens (including phenoxy) is 1. The highest BCUT2D eigenvalue weighted by atomic mass is 16.5. The van der Waals surface area contributed by atoms with Crippen molar-refractivity contribution < 1.29 is 14.6 Å². The van der Waals surface area contributed by atoms with Gasteiger partial charge in [-0.15, -0.1) is 0 Å². The fourth-order valence-corrected chi connectivity index (χ4v) is 1.39. The summed E-state index contributed by atoms with van der Waals surface area (Å²) in [7, 11) is 1.59. The molecule has 1 rings (SSSR count). The Bertz CT molecular complexity index is 355. The van der Waals surface area contributed by atoms with E-state index in [9.17, 15) is 4.79 Å². The van der Waals surface area contributed by atoms with Crippen molar-refractivity contribution in [1.82, 2.24) is 4.98 Å². The number of pyridine rings is 1. The van der Waals surface area contributed by atoms with Crippen molar-refractivity contribution in [2.24, 2.45) is 0 Å². The molecule has 0 aliphatic heterocycles. The largest absolute Gasteiger partial charge is 0.480 e. The molecular weight excluding hydrogens is 208 g/mol. The second-order valence-electron chi connectivity index (χ2n) is 3.46. The third-order valence-corrected chi connectivity index (χ3v) is 2.14. The Kier molecular flexibility index (Phi) is 4.72. The lowest BCUT2D eigenvalue weighted by molar-refractivity contribution is -0.135. The first-order chi connectivity index (χ1) is 7.63. The summed E-state index contributed by atoms with van der Waals surface area (Å²) in [5, 5.41) is 8.82. The first-order valence-electron chi connectivity index (χ1n) is 5.02. The quantitative estimate of drug-likeness (QED) is 0.778. The number of methoxy groups -OCH3 is 1. The number of hydrogen-bond acceptors (Lipinski definition) is 4. The Morgan fingerprint density at radius 1 is 1.62 bits per heavy atom. The van der Waals surface area contributed by atoms with E-state index in [4.69, 9.17) is 9.84 Å². The van der Waals surface area contributed by atoms with Crippen molar-refractivity contribution in [2.45, 2.75) is 6.92 Å². The first-order valence-corrected chi connectivity index (χ1v) is 5.02. The first kappa shape index (κ1) is 12.4. The number of carboxylic acid groups (broad SMARTS) is 1. The molecule has 1 aromatic rings. The molecule has 0 spiro atoms. The van der Waals surface area contributed by atoms with Crippen LogP contribution in [0.4, 0.5) is 5.69 Å². The van der Waals surface area contributed by atoms with Gasteiger partial charge < -0.3 is 14.7 Å². The fourth-order valence-electron chi connectivity index (χ4n) is 1.39. The molecule has 0 aliphatic carbocycles. The number of aryl methyl sites for hydroxylation is 1. The van der Waals surface area contributed by atoms with Crippen molar-refractivity contribution >= 4 is 11.7 Å². The molecule has 1 N–H and O–H groups in total. The molecule has 0 atom stereocenters. The van der Waals surface area contributed by atoms with E-state index in [0.717, 1.165) is 11.4 Å². The maximum atomic E-state index is 10.7. The van der Waals surface area contributed by atoms with Gasteiger partial charge in [-0.1, -0.05) is 0 Å². The summed E-state index contributed by atoms with van der Waals surface area (Å²) >= 11 is 0. The van der Waals surface area contributed by atoms with E-state index in [1.165, 1.54) is 0 Å². The van der Waals surface area contributed by atoms with Gasteiger partial charge in [0.15, 0.2) is 0 Å². The Hall–Kier alpha value is -1.62. The maximum Gasteiger partial charge on any atom is 0.323 e. The van der Waals surface area contributed by atoms with Crippen molar-refractivity contribution in [2.75, 3.05) is 31.7 Å². The van der Waals surface area contributed by atoms with Crippen LogP contribution in [0.1, 0.15) is 5.69 Å². The number of rotatable bonds is 6. The van der Waals surface area contributed by atoms with Gasteiger partial charge >= 0.3 is 5.97 Å². The van der Waals surface area contributed by atoms with E-state index in [2.05, 4.69) is 4.98 Å². The number of aromatic nitrogens is 1. The van der Waals surface area contributed by atoms with Gasteiger partial charge in [0.2, 0.25) is 0 Å². The standard InChI is InChI=1S/C11H16N2O3/c1-9-7-10(3-4-12-9)13(5-6-16-2)8-11(14)15/h3-4,7H,5-6,8H2,1-2H3,(H,14,15). The van der Waals surface area contributed by atoms with E-state index in [1.54, 1.807) is 24.3 Å². The molecule has 1 aromatic heterocycles. The zero-order valence-electron chi connectivity index (χ0n) is 9.51. The lowest BCUT2D eigenvalue weighted by Crippen LogP contribution is -2.32. The molecule has 0 saturated heterocycles. The molecule has 0 amide bonds. The zero-order chi connectivity index (χ0) is 12.0. The summed E-state index contributed by atoms with van der Waals surface area (Å²) in [4.78, 5) is 16.6. The summed E-state index contributed by atoms with van der Waals surface area (Å²) in [5.41, 5.74) is 1.72. The minimum atomic E-state index is -0.856. The van der Waals surface area contributed by atoms with Crippen molar-refractivity contribution in [3.8, 4) is 0 Å². The second-order valence-corrected chi connectivity index (χ2v) is 3.46. The van der Waals surface area contributed by atoms with Gasteiger partial charge in [0.05, 0.1) is 6.61 Å². The van der Waals surface area contributed by atoms with Crippen LogP contribution in [-0.2, 0) is 9.53 Å². The van der Waals surface area contributed by atoms with Crippen LogP contribution in [0, 0.1) is 6.92 Å². The molecule has 0 radical (unpaired) electrons. The summed E-state index contributed by atoms with van der Waals surface area (Å²) < 4.78 is 4.96. The van der Waals surface area contributed by atoms with E-state index in [1.807, 2.05) is 13.0 Å².